The van der Waals surface area contributed by atoms with E-state index in [2.05, 4.69) is 57.8 Å². The molecule has 0 radical (unpaired) electrons. The van der Waals surface area contributed by atoms with E-state index in [1.165, 1.54) is 0 Å². The molecule has 0 unspecified atom stereocenters. The Morgan fingerprint density at radius 3 is 1.35 bits per heavy atom. The van der Waals surface area contributed by atoms with Gasteiger partial charge in [-0.3, -0.25) is 4.90 Å². The normalized spacial score (nSPS) is 9.62. The number of methoxy groups -OCH3 is 2. The summed E-state index contributed by atoms with van der Waals surface area (Å²) in [7, 11) is 9.27. The summed E-state index contributed by atoms with van der Waals surface area (Å²) < 4.78 is 9.82. The molecule has 0 N–H and O–H groups in total. The molecule has 0 aliphatic heterocycles. The average Bonchev–Trinajstić information content (AvgIpc) is 2.67. The van der Waals surface area contributed by atoms with Gasteiger partial charge in [-0.25, -0.2) is 0 Å². The maximum absolute atomic E-state index is 7.87. The van der Waals surface area contributed by atoms with Crippen LogP contribution in [-0.2, 0) is 9.47 Å². The maximum atomic E-state index is 7.87. The van der Waals surface area contributed by atoms with Gasteiger partial charge >= 0.3 is 0 Å². The van der Waals surface area contributed by atoms with Crippen molar-refractivity contribution in [3.8, 4) is 0 Å². The molecule has 0 aliphatic carbocycles. The summed E-state index contributed by atoms with van der Waals surface area (Å²) in [4.78, 5) is 11.1. The Kier molecular flexibility index (Phi) is 28.8. The average molecular weight is 376 g/mol. The quantitative estimate of drug-likeness (QED) is 0.294. The van der Waals surface area contributed by atoms with Crippen LogP contribution in [0, 0.1) is 0 Å². The minimum Gasteiger partial charge on any atom is -0.383 e. The van der Waals surface area contributed by atoms with E-state index >= 15 is 0 Å². The van der Waals surface area contributed by atoms with Crippen LogP contribution in [0.15, 0.2) is 10.2 Å². The van der Waals surface area contributed by atoms with E-state index in [0.29, 0.717) is 0 Å². The van der Waals surface area contributed by atoms with E-state index in [1.807, 2.05) is 0 Å². The van der Waals surface area contributed by atoms with Crippen LogP contribution < -0.4 is 0 Å². The van der Waals surface area contributed by atoms with Gasteiger partial charge < -0.3 is 19.3 Å². The molecule has 0 aromatic heterocycles. The van der Waals surface area contributed by atoms with Crippen molar-refractivity contribution in [2.24, 2.45) is 10.2 Å². The third-order valence-electron chi connectivity index (χ3n) is 3.17. The lowest BCUT2D eigenvalue weighted by atomic mass is 10.5. The predicted molar refractivity (Wildman–Crippen MR) is 106 cm³/mol. The van der Waals surface area contributed by atoms with Gasteiger partial charge in [0.15, 0.2) is 0 Å². The molecule has 0 rings (SSSR count). The van der Waals surface area contributed by atoms with Crippen molar-refractivity contribution in [3.05, 3.63) is 20.9 Å². The molecule has 0 saturated heterocycles. The lowest BCUT2D eigenvalue weighted by Crippen LogP contribution is -2.26. The summed E-state index contributed by atoms with van der Waals surface area (Å²) in [6.07, 6.45) is 0. The topological polar surface area (TPSA) is 126 Å². The van der Waals surface area contributed by atoms with Gasteiger partial charge in [0.25, 0.3) is 0 Å². The maximum Gasteiger partial charge on any atom is 0.0772 e. The monoisotopic (exact) mass is 375 g/mol. The highest BCUT2D eigenvalue weighted by Crippen LogP contribution is 1.83. The zero-order valence-corrected chi connectivity index (χ0v) is 17.5. The van der Waals surface area contributed by atoms with Gasteiger partial charge in [0.05, 0.1) is 26.6 Å². The summed E-state index contributed by atoms with van der Waals surface area (Å²) in [5.41, 5.74) is 15.7. The van der Waals surface area contributed by atoms with Crippen LogP contribution in [0.4, 0.5) is 0 Å². The molecule has 0 atom stereocenters. The Balaban J connectivity index is -0.000000316. The number of nitrogens with zero attached hydrogens (tertiary/aromatic N) is 9. The number of ether oxygens (including phenoxy) is 2. The lowest BCUT2D eigenvalue weighted by molar-refractivity contribution is 0.128. The predicted octanol–water partition coefficient (Wildman–Crippen LogP) is 2.62. The molecule has 0 aliphatic rings. The molecule has 0 heterocycles. The number of likely N-dealkylation sites (N-methyl/N-ethyl adjacent to an activating group) is 1. The van der Waals surface area contributed by atoms with Crippen LogP contribution in [0.25, 0.3) is 20.9 Å². The Bertz CT molecular complexity index is 340. The smallest absolute Gasteiger partial charge is 0.0772 e. The second-order valence-electron chi connectivity index (χ2n) is 5.38. The first-order valence-electron chi connectivity index (χ1n) is 8.48. The largest absolute Gasteiger partial charge is 0.383 e. The fourth-order valence-electron chi connectivity index (χ4n) is 1.15. The Labute approximate surface area is 158 Å². The third kappa shape index (κ3) is 30.3. The van der Waals surface area contributed by atoms with Gasteiger partial charge in [0, 0.05) is 37.1 Å². The van der Waals surface area contributed by atoms with Crippen molar-refractivity contribution in [1.29, 1.82) is 0 Å². The highest BCUT2D eigenvalue weighted by atomic mass is 16.5. The molecule has 0 fully saturated rings. The minimum absolute atomic E-state index is 0.218. The van der Waals surface area contributed by atoms with Crippen molar-refractivity contribution < 1.29 is 9.47 Å². The molecule has 11 heteroatoms. The third-order valence-corrected chi connectivity index (χ3v) is 3.17. The first kappa shape index (κ1) is 29.2. The summed E-state index contributed by atoms with van der Waals surface area (Å²) in [6.45, 7) is 10.6. The van der Waals surface area contributed by atoms with Gasteiger partial charge in [-0.15, -0.1) is 0 Å². The van der Waals surface area contributed by atoms with Gasteiger partial charge in [-0.05, 0) is 45.3 Å². The fourth-order valence-corrected chi connectivity index (χ4v) is 1.15. The molecule has 0 aromatic carbocycles. The number of rotatable bonds is 12. The highest BCUT2D eigenvalue weighted by molar-refractivity contribution is 4.49. The van der Waals surface area contributed by atoms with Crippen molar-refractivity contribution in [2.75, 3.05) is 88.1 Å². The first-order valence-corrected chi connectivity index (χ1v) is 8.48. The summed E-state index contributed by atoms with van der Waals surface area (Å²) in [6, 6.07) is 0. The van der Waals surface area contributed by atoms with Crippen LogP contribution >= 0.6 is 0 Å². The molecule has 26 heavy (non-hydrogen) atoms. The number of azide groups is 2. The number of hydrogen-bond donors (Lipinski definition) is 0. The molecule has 0 bridgehead atoms. The van der Waals surface area contributed by atoms with Gasteiger partial charge in [-0.1, -0.05) is 24.1 Å². The number of hydrogen-bond acceptors (Lipinski definition) is 7. The molecular formula is C15H37N9O2. The second-order valence-corrected chi connectivity index (χ2v) is 5.38. The van der Waals surface area contributed by atoms with E-state index in [-0.39, 0.29) is 13.3 Å². The highest BCUT2D eigenvalue weighted by Gasteiger charge is 1.94. The van der Waals surface area contributed by atoms with Crippen molar-refractivity contribution >= 4 is 0 Å². The van der Waals surface area contributed by atoms with Gasteiger partial charge in [0.2, 0.25) is 0 Å². The lowest BCUT2D eigenvalue weighted by Gasteiger charge is -2.14. The van der Waals surface area contributed by atoms with Crippen LogP contribution in [0.5, 0.6) is 0 Å². The van der Waals surface area contributed by atoms with E-state index in [1.54, 1.807) is 26.2 Å². The van der Waals surface area contributed by atoms with E-state index in [9.17, 15) is 0 Å². The Morgan fingerprint density at radius 1 is 0.731 bits per heavy atom. The Morgan fingerprint density at radius 2 is 1.12 bits per heavy atom. The molecule has 154 valence electrons. The van der Waals surface area contributed by atoms with E-state index in [0.717, 1.165) is 39.4 Å². The summed E-state index contributed by atoms with van der Waals surface area (Å²) >= 11 is 0. The van der Waals surface area contributed by atoms with E-state index < -0.39 is 0 Å². The fraction of sp³-hybridized carbons (Fsp3) is 1.00. The molecule has 0 saturated carbocycles. The standard InChI is InChI=1S/C7H17NO2.C5H13N.C3H7N7/c1-8(4-6-9-2)5-7-10-3;1-4-6(3)5-2;1-10(2-6-8-4)3-7-9-5/h4-7H2,1-3H3;4-5H2,1-3H3;2-3H2,1H3. The van der Waals surface area contributed by atoms with Gasteiger partial charge in [0.1, 0.15) is 0 Å². The van der Waals surface area contributed by atoms with Crippen molar-refractivity contribution in [3.63, 3.8) is 0 Å². The minimum atomic E-state index is 0.218. The molecule has 11 nitrogen and oxygen atoms in total. The van der Waals surface area contributed by atoms with Crippen LogP contribution in [0.2, 0.25) is 0 Å². The SMILES string of the molecule is CCN(C)CC.CN(CN=[N+]=[N-])CN=[N+]=[N-].COCCN(C)CCOC. The molecule has 0 aromatic rings. The van der Waals surface area contributed by atoms with Crippen LogP contribution in [0.3, 0.4) is 0 Å². The molecule has 0 amide bonds. The van der Waals surface area contributed by atoms with Crippen molar-refractivity contribution in [1.82, 2.24) is 14.7 Å². The summed E-state index contributed by atoms with van der Waals surface area (Å²) in [5, 5.41) is 6.50. The van der Waals surface area contributed by atoms with E-state index in [4.69, 9.17) is 20.5 Å². The summed E-state index contributed by atoms with van der Waals surface area (Å²) in [5.74, 6) is 0. The zero-order chi connectivity index (χ0) is 20.6. The first-order chi connectivity index (χ1) is 12.4. The molecular weight excluding hydrogens is 338 g/mol. The van der Waals surface area contributed by atoms with Crippen molar-refractivity contribution in [2.45, 2.75) is 13.8 Å². The Hall–Kier alpha value is -1.58. The van der Waals surface area contributed by atoms with Gasteiger partial charge in [-0.2, -0.15) is 0 Å². The zero-order valence-electron chi connectivity index (χ0n) is 17.5. The molecule has 0 spiro atoms. The van der Waals surface area contributed by atoms with Crippen LogP contribution in [-0.4, -0.2) is 103 Å². The van der Waals surface area contributed by atoms with Crippen LogP contribution in [0.1, 0.15) is 13.8 Å². The second kappa shape index (κ2) is 25.7.